The molecule has 2 aromatic carbocycles. The number of para-hydroxylation sites is 2. The van der Waals surface area contributed by atoms with E-state index in [1.807, 2.05) is 0 Å². The third-order valence-electron chi connectivity index (χ3n) is 4.50. The first kappa shape index (κ1) is 18.4. The minimum Gasteiger partial charge on any atom is -0.486 e. The van der Waals surface area contributed by atoms with Gasteiger partial charge in [0, 0.05) is 24.7 Å². The molecule has 1 atom stereocenters. The van der Waals surface area contributed by atoms with E-state index >= 15 is 0 Å². The Morgan fingerprint density at radius 1 is 1.07 bits per heavy atom. The molecule has 0 radical (unpaired) electrons. The molecule has 1 amide bonds. The van der Waals surface area contributed by atoms with Crippen LogP contribution in [0.5, 0.6) is 17.2 Å². The van der Waals surface area contributed by atoms with Crippen molar-refractivity contribution in [1.29, 1.82) is 0 Å². The second-order valence-electron chi connectivity index (χ2n) is 6.55. The predicted octanol–water partition coefficient (Wildman–Crippen LogP) is 2.01. The molecule has 2 aromatic rings. The lowest BCUT2D eigenvalue weighted by molar-refractivity contribution is -0.122. The van der Waals surface area contributed by atoms with E-state index in [1.54, 1.807) is 42.5 Å². The Morgan fingerprint density at radius 2 is 1.82 bits per heavy atom. The van der Waals surface area contributed by atoms with Crippen molar-refractivity contribution in [3.05, 3.63) is 42.5 Å². The van der Waals surface area contributed by atoms with Crippen LogP contribution in [-0.2, 0) is 14.8 Å². The van der Waals surface area contributed by atoms with E-state index in [0.717, 1.165) is 6.26 Å². The summed E-state index contributed by atoms with van der Waals surface area (Å²) in [5.41, 5.74) is 0.981. The van der Waals surface area contributed by atoms with Gasteiger partial charge in [-0.2, -0.15) is 0 Å². The maximum absolute atomic E-state index is 12.8. The van der Waals surface area contributed by atoms with Crippen LogP contribution in [0.4, 0.5) is 11.4 Å². The second kappa shape index (κ2) is 7.23. The number of sulfonamides is 1. The Morgan fingerprint density at radius 3 is 2.61 bits per heavy atom. The van der Waals surface area contributed by atoms with Crippen LogP contribution in [0, 0.1) is 0 Å². The zero-order chi connectivity index (χ0) is 19.7. The number of nitrogens with one attached hydrogen (secondary N) is 1. The van der Waals surface area contributed by atoms with Crippen LogP contribution in [0.3, 0.4) is 0 Å². The summed E-state index contributed by atoms with van der Waals surface area (Å²) in [6, 6.07) is 11.9. The third kappa shape index (κ3) is 3.70. The molecule has 0 saturated carbocycles. The Hall–Kier alpha value is -2.94. The van der Waals surface area contributed by atoms with Gasteiger partial charge in [-0.1, -0.05) is 12.1 Å². The summed E-state index contributed by atoms with van der Waals surface area (Å²) in [4.78, 5) is 12.8. The summed E-state index contributed by atoms with van der Waals surface area (Å²) < 4.78 is 42.4. The smallest absolute Gasteiger partial charge is 0.265 e. The SMILES string of the molecule is CS(=O)(=O)N1CCC(C(=O)Nc2ccc3c(c2)OCCO3)Oc2ccccc21. The fraction of sp³-hybridized carbons (Fsp3) is 0.316. The summed E-state index contributed by atoms with van der Waals surface area (Å²) in [5, 5.41) is 2.81. The van der Waals surface area contributed by atoms with Gasteiger partial charge in [-0.3, -0.25) is 9.10 Å². The number of ether oxygens (including phenoxy) is 3. The highest BCUT2D eigenvalue weighted by Gasteiger charge is 2.31. The number of fused-ring (bicyclic) bond motifs is 2. The topological polar surface area (TPSA) is 94.2 Å². The lowest BCUT2D eigenvalue weighted by atomic mass is 10.2. The van der Waals surface area contributed by atoms with E-state index in [2.05, 4.69) is 5.32 Å². The number of hydrogen-bond acceptors (Lipinski definition) is 6. The van der Waals surface area contributed by atoms with Gasteiger partial charge < -0.3 is 19.5 Å². The van der Waals surface area contributed by atoms with E-state index in [0.29, 0.717) is 41.8 Å². The summed E-state index contributed by atoms with van der Waals surface area (Å²) >= 11 is 0. The number of amides is 1. The first-order valence-corrected chi connectivity index (χ1v) is 10.7. The molecule has 8 nitrogen and oxygen atoms in total. The second-order valence-corrected chi connectivity index (χ2v) is 8.45. The van der Waals surface area contributed by atoms with Crippen LogP contribution in [0.15, 0.2) is 42.5 Å². The van der Waals surface area contributed by atoms with Gasteiger partial charge in [0.05, 0.1) is 11.9 Å². The molecule has 2 heterocycles. The maximum atomic E-state index is 12.8. The number of carbonyl (C=O) groups is 1. The Bertz CT molecular complexity index is 1010. The molecule has 0 bridgehead atoms. The van der Waals surface area contributed by atoms with Gasteiger partial charge in [0.2, 0.25) is 10.0 Å². The van der Waals surface area contributed by atoms with Crippen LogP contribution in [-0.4, -0.2) is 46.4 Å². The number of anilines is 2. The van der Waals surface area contributed by atoms with Gasteiger partial charge in [0.1, 0.15) is 19.0 Å². The van der Waals surface area contributed by atoms with E-state index in [-0.39, 0.29) is 18.9 Å². The predicted molar refractivity (Wildman–Crippen MR) is 104 cm³/mol. The molecule has 0 saturated heterocycles. The van der Waals surface area contributed by atoms with Gasteiger partial charge in [0.25, 0.3) is 5.91 Å². The van der Waals surface area contributed by atoms with Crippen molar-refractivity contribution in [2.24, 2.45) is 0 Å². The van der Waals surface area contributed by atoms with E-state index < -0.39 is 16.1 Å². The van der Waals surface area contributed by atoms with Gasteiger partial charge in [-0.25, -0.2) is 8.42 Å². The summed E-state index contributed by atoms with van der Waals surface area (Å²) in [6.45, 7) is 1.09. The molecule has 1 N–H and O–H groups in total. The van der Waals surface area contributed by atoms with Gasteiger partial charge in [-0.05, 0) is 24.3 Å². The van der Waals surface area contributed by atoms with Crippen LogP contribution < -0.4 is 23.8 Å². The minimum atomic E-state index is -3.49. The van der Waals surface area contributed by atoms with Crippen molar-refractivity contribution in [1.82, 2.24) is 0 Å². The van der Waals surface area contributed by atoms with E-state index in [4.69, 9.17) is 14.2 Å². The van der Waals surface area contributed by atoms with Gasteiger partial charge in [0.15, 0.2) is 17.6 Å². The summed E-state index contributed by atoms with van der Waals surface area (Å²) in [6.07, 6.45) is 0.526. The number of carbonyl (C=O) groups excluding carboxylic acids is 1. The molecule has 0 spiro atoms. The zero-order valence-electron chi connectivity index (χ0n) is 15.3. The van der Waals surface area contributed by atoms with Crippen LogP contribution >= 0.6 is 0 Å². The average molecular weight is 404 g/mol. The fourth-order valence-electron chi connectivity index (χ4n) is 3.20. The van der Waals surface area contributed by atoms with E-state index in [1.165, 1.54) is 4.31 Å². The molecule has 28 heavy (non-hydrogen) atoms. The summed E-state index contributed by atoms with van der Waals surface area (Å²) in [7, 11) is -3.49. The first-order valence-electron chi connectivity index (χ1n) is 8.86. The standard InChI is InChI=1S/C19H20N2O6S/c1-28(23,24)21-9-8-17(27-15-5-3-2-4-14(15)21)19(22)20-13-6-7-16-18(12-13)26-11-10-25-16/h2-7,12,17H,8-11H2,1H3,(H,20,22). The monoisotopic (exact) mass is 404 g/mol. The van der Waals surface area contributed by atoms with Crippen molar-refractivity contribution >= 4 is 27.3 Å². The number of rotatable bonds is 3. The Kier molecular flexibility index (Phi) is 4.76. The zero-order valence-corrected chi connectivity index (χ0v) is 16.1. The molecule has 148 valence electrons. The number of benzene rings is 2. The maximum Gasteiger partial charge on any atom is 0.265 e. The molecular weight excluding hydrogens is 384 g/mol. The molecule has 4 rings (SSSR count). The highest BCUT2D eigenvalue weighted by Crippen LogP contribution is 2.35. The molecule has 2 aliphatic rings. The van der Waals surface area contributed by atoms with Crippen molar-refractivity contribution in [2.45, 2.75) is 12.5 Å². The average Bonchev–Trinajstić information content (AvgIpc) is 2.87. The van der Waals surface area contributed by atoms with E-state index in [9.17, 15) is 13.2 Å². The van der Waals surface area contributed by atoms with Crippen LogP contribution in [0.2, 0.25) is 0 Å². The molecule has 0 aromatic heterocycles. The highest BCUT2D eigenvalue weighted by atomic mass is 32.2. The molecule has 0 fully saturated rings. The summed E-state index contributed by atoms with van der Waals surface area (Å²) in [5.74, 6) is 1.20. The first-order chi connectivity index (χ1) is 13.4. The van der Waals surface area contributed by atoms with Crippen LogP contribution in [0.25, 0.3) is 0 Å². The van der Waals surface area contributed by atoms with Crippen molar-refractivity contribution in [3.63, 3.8) is 0 Å². The normalized spacial score (nSPS) is 18.5. The highest BCUT2D eigenvalue weighted by molar-refractivity contribution is 7.92. The van der Waals surface area contributed by atoms with Crippen molar-refractivity contribution in [2.75, 3.05) is 35.6 Å². The molecular formula is C19H20N2O6S. The minimum absolute atomic E-state index is 0.148. The quantitative estimate of drug-likeness (QED) is 0.841. The lowest BCUT2D eigenvalue weighted by Crippen LogP contribution is -2.36. The van der Waals surface area contributed by atoms with Crippen LogP contribution in [0.1, 0.15) is 6.42 Å². The van der Waals surface area contributed by atoms with Gasteiger partial charge in [-0.15, -0.1) is 0 Å². The van der Waals surface area contributed by atoms with Gasteiger partial charge >= 0.3 is 0 Å². The molecule has 0 aliphatic carbocycles. The lowest BCUT2D eigenvalue weighted by Gasteiger charge is -2.20. The molecule has 1 unspecified atom stereocenters. The third-order valence-corrected chi connectivity index (χ3v) is 5.68. The Balaban J connectivity index is 1.54. The number of nitrogens with zero attached hydrogens (tertiary/aromatic N) is 1. The Labute approximate surface area is 163 Å². The fourth-order valence-corrected chi connectivity index (χ4v) is 4.15. The molecule has 9 heteroatoms. The number of hydrogen-bond donors (Lipinski definition) is 1. The van der Waals surface area contributed by atoms with Crippen molar-refractivity contribution in [3.8, 4) is 17.2 Å². The largest absolute Gasteiger partial charge is 0.486 e. The van der Waals surface area contributed by atoms with Crippen molar-refractivity contribution < 1.29 is 27.4 Å². The molecule has 2 aliphatic heterocycles.